The van der Waals surface area contributed by atoms with E-state index >= 15 is 0 Å². The van der Waals surface area contributed by atoms with Crippen molar-refractivity contribution in [2.45, 2.75) is 26.7 Å². The van der Waals surface area contributed by atoms with E-state index in [4.69, 9.17) is 0 Å². The number of hydrogen-bond donors (Lipinski definition) is 0. The van der Waals surface area contributed by atoms with Gasteiger partial charge in [-0.15, -0.1) is 0 Å². The summed E-state index contributed by atoms with van der Waals surface area (Å²) in [5.74, 6) is 1.69. The monoisotopic (exact) mass is 207 g/mol. The molecule has 0 radical (unpaired) electrons. The third kappa shape index (κ3) is 2.75. The van der Waals surface area contributed by atoms with Gasteiger partial charge in [0.15, 0.2) is 5.78 Å². The first-order valence-corrected chi connectivity index (χ1v) is 4.99. The maximum atomic E-state index is 11.3. The lowest BCUT2D eigenvalue weighted by Crippen LogP contribution is -2.15. The van der Waals surface area contributed by atoms with Gasteiger partial charge < -0.3 is 4.90 Å². The molecule has 0 amide bonds. The molecule has 0 aliphatic rings. The van der Waals surface area contributed by atoms with Crippen LogP contribution in [0.15, 0.2) is 6.07 Å². The van der Waals surface area contributed by atoms with E-state index < -0.39 is 0 Å². The standard InChI is InChI=1S/C11H17N3O/c1-7(2)11-12-9(8(3)15)6-10(13-11)14(4)5/h6-7H,1-5H3. The van der Waals surface area contributed by atoms with Gasteiger partial charge in [-0.1, -0.05) is 13.8 Å². The fourth-order valence-corrected chi connectivity index (χ4v) is 1.12. The predicted octanol–water partition coefficient (Wildman–Crippen LogP) is 1.87. The molecule has 82 valence electrons. The largest absolute Gasteiger partial charge is 0.363 e. The maximum absolute atomic E-state index is 11.3. The Balaban J connectivity index is 3.26. The first kappa shape index (κ1) is 11.6. The quantitative estimate of drug-likeness (QED) is 0.710. The molecule has 0 aliphatic heterocycles. The highest BCUT2D eigenvalue weighted by molar-refractivity contribution is 5.92. The molecular weight excluding hydrogens is 190 g/mol. The van der Waals surface area contributed by atoms with Gasteiger partial charge in [-0.25, -0.2) is 9.97 Å². The number of rotatable bonds is 3. The molecule has 4 heteroatoms. The van der Waals surface area contributed by atoms with Crippen molar-refractivity contribution < 1.29 is 4.79 Å². The van der Waals surface area contributed by atoms with Crippen LogP contribution in [-0.2, 0) is 0 Å². The molecule has 1 aromatic rings. The fraction of sp³-hybridized carbons (Fsp3) is 0.545. The minimum Gasteiger partial charge on any atom is -0.363 e. The molecule has 1 aromatic heterocycles. The first-order valence-electron chi connectivity index (χ1n) is 4.99. The molecule has 0 spiro atoms. The number of hydrogen-bond acceptors (Lipinski definition) is 4. The van der Waals surface area contributed by atoms with Gasteiger partial charge in [0.25, 0.3) is 0 Å². The van der Waals surface area contributed by atoms with E-state index in [0.29, 0.717) is 11.5 Å². The Hall–Kier alpha value is -1.45. The number of ketones is 1. The van der Waals surface area contributed by atoms with E-state index in [2.05, 4.69) is 9.97 Å². The molecule has 4 nitrogen and oxygen atoms in total. The van der Waals surface area contributed by atoms with Crippen LogP contribution in [0.2, 0.25) is 0 Å². The van der Waals surface area contributed by atoms with Crippen LogP contribution in [0.1, 0.15) is 43.0 Å². The molecule has 1 heterocycles. The second-order valence-corrected chi connectivity index (χ2v) is 4.07. The first-order chi connectivity index (χ1) is 6.91. The SMILES string of the molecule is CC(=O)c1cc(N(C)C)nc(C(C)C)n1. The Bertz CT molecular complexity index is 346. The number of Topliss-reactive ketones (excluding diaryl/α,β-unsaturated/α-hetero) is 1. The summed E-state index contributed by atoms with van der Waals surface area (Å²) in [4.78, 5) is 21.8. The number of carbonyl (C=O) groups excluding carboxylic acids is 1. The highest BCUT2D eigenvalue weighted by atomic mass is 16.1. The zero-order chi connectivity index (χ0) is 11.6. The van der Waals surface area contributed by atoms with Crippen LogP contribution < -0.4 is 4.90 Å². The van der Waals surface area contributed by atoms with Crippen LogP contribution in [0.3, 0.4) is 0 Å². The highest BCUT2D eigenvalue weighted by Crippen LogP contribution is 2.15. The zero-order valence-corrected chi connectivity index (χ0v) is 9.90. The van der Waals surface area contributed by atoms with Crippen molar-refractivity contribution in [2.24, 2.45) is 0 Å². The normalized spacial score (nSPS) is 10.5. The molecule has 0 N–H and O–H groups in total. The third-order valence-corrected chi connectivity index (χ3v) is 2.07. The zero-order valence-electron chi connectivity index (χ0n) is 9.90. The Morgan fingerprint density at radius 1 is 1.33 bits per heavy atom. The van der Waals surface area contributed by atoms with Crippen LogP contribution in [0.4, 0.5) is 5.82 Å². The van der Waals surface area contributed by atoms with Crippen molar-refractivity contribution in [1.82, 2.24) is 9.97 Å². The molecule has 15 heavy (non-hydrogen) atoms. The minimum atomic E-state index is -0.0256. The van der Waals surface area contributed by atoms with Crippen LogP contribution in [0.5, 0.6) is 0 Å². The Kier molecular flexibility index (Phi) is 3.39. The highest BCUT2D eigenvalue weighted by Gasteiger charge is 2.11. The lowest BCUT2D eigenvalue weighted by Gasteiger charge is -2.14. The van der Waals surface area contributed by atoms with E-state index in [0.717, 1.165) is 5.82 Å². The summed E-state index contributed by atoms with van der Waals surface area (Å²) in [5, 5.41) is 0. The van der Waals surface area contributed by atoms with E-state index in [1.54, 1.807) is 6.07 Å². The molecule has 0 atom stereocenters. The van der Waals surface area contributed by atoms with Crippen molar-refractivity contribution in [3.8, 4) is 0 Å². The van der Waals surface area contributed by atoms with Gasteiger partial charge in [-0.05, 0) is 0 Å². The Labute approximate surface area is 90.3 Å². The fourth-order valence-electron chi connectivity index (χ4n) is 1.12. The summed E-state index contributed by atoms with van der Waals surface area (Å²) in [5.41, 5.74) is 0.484. The number of anilines is 1. The van der Waals surface area contributed by atoms with Gasteiger partial charge in [0.1, 0.15) is 17.3 Å². The molecule has 0 fully saturated rings. The Morgan fingerprint density at radius 3 is 2.33 bits per heavy atom. The molecule has 0 saturated heterocycles. The smallest absolute Gasteiger partial charge is 0.178 e. The second kappa shape index (κ2) is 4.38. The van der Waals surface area contributed by atoms with Crippen LogP contribution in [0.25, 0.3) is 0 Å². The van der Waals surface area contributed by atoms with Crippen LogP contribution >= 0.6 is 0 Å². The predicted molar refractivity (Wildman–Crippen MR) is 60.5 cm³/mol. The molecule has 0 unspecified atom stereocenters. The summed E-state index contributed by atoms with van der Waals surface area (Å²) < 4.78 is 0. The van der Waals surface area contributed by atoms with Crippen LogP contribution in [-0.4, -0.2) is 29.8 Å². The number of aromatic nitrogens is 2. The van der Waals surface area contributed by atoms with Crippen molar-refractivity contribution in [3.63, 3.8) is 0 Å². The lowest BCUT2D eigenvalue weighted by atomic mass is 10.2. The van der Waals surface area contributed by atoms with Crippen molar-refractivity contribution in [1.29, 1.82) is 0 Å². The number of nitrogens with zero attached hydrogens (tertiary/aromatic N) is 3. The minimum absolute atomic E-state index is 0.0256. The molecule has 1 rings (SSSR count). The molecule has 0 saturated carbocycles. The van der Waals surface area contributed by atoms with Gasteiger partial charge in [0.2, 0.25) is 0 Å². The summed E-state index contributed by atoms with van der Waals surface area (Å²) in [6, 6.07) is 1.72. The van der Waals surface area contributed by atoms with Gasteiger partial charge in [-0.3, -0.25) is 4.79 Å². The van der Waals surface area contributed by atoms with E-state index in [9.17, 15) is 4.79 Å². The van der Waals surface area contributed by atoms with Gasteiger partial charge in [0.05, 0.1) is 0 Å². The lowest BCUT2D eigenvalue weighted by molar-refractivity contribution is 0.101. The van der Waals surface area contributed by atoms with Gasteiger partial charge in [0, 0.05) is 33.0 Å². The van der Waals surface area contributed by atoms with Crippen molar-refractivity contribution >= 4 is 11.6 Å². The molecular formula is C11H17N3O. The summed E-state index contributed by atoms with van der Waals surface area (Å²) in [6.45, 7) is 5.54. The third-order valence-electron chi connectivity index (χ3n) is 2.07. The molecule has 0 aliphatic carbocycles. The number of carbonyl (C=O) groups is 1. The summed E-state index contributed by atoms with van der Waals surface area (Å²) >= 11 is 0. The molecule has 0 bridgehead atoms. The van der Waals surface area contributed by atoms with Crippen LogP contribution in [0, 0.1) is 0 Å². The second-order valence-electron chi connectivity index (χ2n) is 4.07. The Morgan fingerprint density at radius 2 is 1.93 bits per heavy atom. The van der Waals surface area contributed by atoms with E-state index in [1.807, 2.05) is 32.8 Å². The summed E-state index contributed by atoms with van der Waals surface area (Å²) in [6.07, 6.45) is 0. The van der Waals surface area contributed by atoms with Crippen molar-refractivity contribution in [2.75, 3.05) is 19.0 Å². The molecule has 0 aromatic carbocycles. The topological polar surface area (TPSA) is 46.1 Å². The summed E-state index contributed by atoms with van der Waals surface area (Å²) in [7, 11) is 3.80. The average molecular weight is 207 g/mol. The van der Waals surface area contributed by atoms with E-state index in [-0.39, 0.29) is 11.7 Å². The average Bonchev–Trinajstić information content (AvgIpc) is 2.16. The maximum Gasteiger partial charge on any atom is 0.178 e. The van der Waals surface area contributed by atoms with Gasteiger partial charge in [-0.2, -0.15) is 0 Å². The van der Waals surface area contributed by atoms with Gasteiger partial charge >= 0.3 is 0 Å². The van der Waals surface area contributed by atoms with Crippen molar-refractivity contribution in [3.05, 3.63) is 17.6 Å². The van der Waals surface area contributed by atoms with E-state index in [1.165, 1.54) is 6.92 Å².